The van der Waals surface area contributed by atoms with Crippen LogP contribution >= 0.6 is 0 Å². The van der Waals surface area contributed by atoms with Crippen molar-refractivity contribution < 1.29 is 31.8 Å². The van der Waals surface area contributed by atoms with E-state index in [1.165, 1.54) is 31.5 Å². The molecule has 0 atom stereocenters. The Bertz CT molecular complexity index is 1130. The number of methoxy groups -OCH3 is 1. The van der Waals surface area contributed by atoms with Crippen molar-refractivity contribution in [3.63, 3.8) is 0 Å². The number of hydrogen-bond donors (Lipinski definition) is 1. The van der Waals surface area contributed by atoms with Gasteiger partial charge in [0, 0.05) is 5.56 Å². The first-order valence-corrected chi connectivity index (χ1v) is 9.32. The number of nitrogens with one attached hydrogen (secondary N) is 1. The number of hydrogen-bond acceptors (Lipinski definition) is 4. The summed E-state index contributed by atoms with van der Waals surface area (Å²) in [6.45, 7) is 0.134. The van der Waals surface area contributed by atoms with Crippen molar-refractivity contribution in [3.05, 3.63) is 94.8 Å². The summed E-state index contributed by atoms with van der Waals surface area (Å²) < 4.78 is 62.6. The Labute approximate surface area is 181 Å². The van der Waals surface area contributed by atoms with Crippen LogP contribution in [0.25, 0.3) is 0 Å². The monoisotopic (exact) mass is 446 g/mol. The standard InChI is InChI=1S/C23H18F4N2O3/c1-31-21-11-15(8-9-20(21)32-14-16-4-2-7-19(24)10-16)13-28-29-22(30)17-5-3-6-18(12-17)23(25,26)27/h2-13H,14H2,1H3,(H,29,30)/b28-13-. The Morgan fingerprint density at radius 1 is 1.03 bits per heavy atom. The molecule has 0 spiro atoms. The van der Waals surface area contributed by atoms with Crippen molar-refractivity contribution >= 4 is 12.1 Å². The number of alkyl halides is 3. The van der Waals surface area contributed by atoms with Crippen molar-refractivity contribution in [2.24, 2.45) is 5.10 Å². The van der Waals surface area contributed by atoms with Crippen LogP contribution in [-0.4, -0.2) is 19.2 Å². The molecule has 1 N–H and O–H groups in total. The molecule has 3 aromatic rings. The summed E-state index contributed by atoms with van der Waals surface area (Å²) in [5.41, 5.74) is 2.29. The van der Waals surface area contributed by atoms with Crippen LogP contribution in [0.2, 0.25) is 0 Å². The molecule has 0 bridgehead atoms. The van der Waals surface area contributed by atoms with Crippen molar-refractivity contribution in [1.82, 2.24) is 5.43 Å². The molecule has 1 amide bonds. The first-order valence-electron chi connectivity index (χ1n) is 9.32. The molecule has 0 heterocycles. The minimum absolute atomic E-state index is 0.134. The van der Waals surface area contributed by atoms with E-state index in [0.29, 0.717) is 22.6 Å². The van der Waals surface area contributed by atoms with E-state index in [-0.39, 0.29) is 18.0 Å². The second-order valence-electron chi connectivity index (χ2n) is 6.61. The Balaban J connectivity index is 1.64. The lowest BCUT2D eigenvalue weighted by atomic mass is 10.1. The maximum Gasteiger partial charge on any atom is 0.416 e. The molecule has 9 heteroatoms. The van der Waals surface area contributed by atoms with Crippen molar-refractivity contribution in [2.45, 2.75) is 12.8 Å². The van der Waals surface area contributed by atoms with E-state index in [1.807, 2.05) is 0 Å². The molecule has 0 saturated carbocycles. The summed E-state index contributed by atoms with van der Waals surface area (Å²) >= 11 is 0. The molecule has 0 radical (unpaired) electrons. The molecular formula is C23H18F4N2O3. The van der Waals surface area contributed by atoms with Gasteiger partial charge < -0.3 is 9.47 Å². The fourth-order valence-corrected chi connectivity index (χ4v) is 2.74. The molecule has 5 nitrogen and oxygen atoms in total. The average molecular weight is 446 g/mol. The van der Waals surface area contributed by atoms with E-state index in [2.05, 4.69) is 10.5 Å². The topological polar surface area (TPSA) is 59.9 Å². The predicted octanol–water partition coefficient (Wildman–Crippen LogP) is 5.20. The summed E-state index contributed by atoms with van der Waals surface area (Å²) in [7, 11) is 1.45. The molecule has 0 saturated heterocycles. The smallest absolute Gasteiger partial charge is 0.416 e. The van der Waals surface area contributed by atoms with Crippen LogP contribution < -0.4 is 14.9 Å². The van der Waals surface area contributed by atoms with Crippen molar-refractivity contribution in [3.8, 4) is 11.5 Å². The number of amides is 1. The van der Waals surface area contributed by atoms with Gasteiger partial charge in [0.1, 0.15) is 12.4 Å². The third-order valence-corrected chi connectivity index (χ3v) is 4.30. The predicted molar refractivity (Wildman–Crippen MR) is 110 cm³/mol. The third-order valence-electron chi connectivity index (χ3n) is 4.30. The summed E-state index contributed by atoms with van der Waals surface area (Å²) in [6.07, 6.45) is -3.24. The first-order chi connectivity index (χ1) is 15.3. The number of benzene rings is 3. The first kappa shape index (κ1) is 22.8. The minimum Gasteiger partial charge on any atom is -0.493 e. The largest absolute Gasteiger partial charge is 0.493 e. The number of ether oxygens (including phenoxy) is 2. The molecular weight excluding hydrogens is 428 g/mol. The summed E-state index contributed by atoms with van der Waals surface area (Å²) in [5.74, 6) is -0.345. The van der Waals surface area contributed by atoms with Gasteiger partial charge in [0.2, 0.25) is 0 Å². The van der Waals surface area contributed by atoms with Crippen molar-refractivity contribution in [2.75, 3.05) is 7.11 Å². The van der Waals surface area contributed by atoms with E-state index in [0.717, 1.165) is 18.2 Å². The molecule has 32 heavy (non-hydrogen) atoms. The van der Waals surface area contributed by atoms with Gasteiger partial charge in [-0.2, -0.15) is 18.3 Å². The van der Waals surface area contributed by atoms with Crippen LogP contribution in [0.4, 0.5) is 17.6 Å². The van der Waals surface area contributed by atoms with Gasteiger partial charge in [-0.15, -0.1) is 0 Å². The van der Waals surface area contributed by atoms with Crippen molar-refractivity contribution in [1.29, 1.82) is 0 Å². The van der Waals surface area contributed by atoms with Gasteiger partial charge in [0.05, 0.1) is 18.9 Å². The van der Waals surface area contributed by atoms with E-state index < -0.39 is 17.6 Å². The summed E-state index contributed by atoms with van der Waals surface area (Å²) in [6, 6.07) is 14.9. The second-order valence-corrected chi connectivity index (χ2v) is 6.61. The van der Waals surface area contributed by atoms with Gasteiger partial charge in [-0.05, 0) is 59.7 Å². The zero-order valence-electron chi connectivity index (χ0n) is 16.8. The highest BCUT2D eigenvalue weighted by molar-refractivity contribution is 5.95. The molecule has 0 unspecified atom stereocenters. The second kappa shape index (κ2) is 9.95. The van der Waals surface area contributed by atoms with E-state index in [9.17, 15) is 22.4 Å². The van der Waals surface area contributed by atoms with E-state index >= 15 is 0 Å². The maximum atomic E-state index is 13.3. The highest BCUT2D eigenvalue weighted by Crippen LogP contribution is 2.30. The number of carbonyl (C=O) groups excluding carboxylic acids is 1. The quantitative estimate of drug-likeness (QED) is 0.309. The highest BCUT2D eigenvalue weighted by Gasteiger charge is 2.30. The van der Waals surface area contributed by atoms with E-state index in [1.54, 1.807) is 30.3 Å². The summed E-state index contributed by atoms with van der Waals surface area (Å²) in [4.78, 5) is 12.1. The van der Waals surface area contributed by atoms with Crippen LogP contribution in [0.1, 0.15) is 27.0 Å². The van der Waals surface area contributed by atoms with E-state index in [4.69, 9.17) is 9.47 Å². The minimum atomic E-state index is -4.55. The lowest BCUT2D eigenvalue weighted by Gasteiger charge is -2.11. The molecule has 166 valence electrons. The molecule has 0 aromatic heterocycles. The number of hydrazone groups is 1. The molecule has 0 aliphatic heterocycles. The average Bonchev–Trinajstić information content (AvgIpc) is 2.77. The molecule has 0 aliphatic rings. The molecule has 0 aliphatic carbocycles. The zero-order valence-corrected chi connectivity index (χ0v) is 16.8. The Kier molecular flexibility index (Phi) is 7.09. The lowest BCUT2D eigenvalue weighted by molar-refractivity contribution is -0.137. The molecule has 3 aromatic carbocycles. The van der Waals surface area contributed by atoms with Gasteiger partial charge >= 0.3 is 6.18 Å². The van der Waals surface area contributed by atoms with Gasteiger partial charge in [-0.3, -0.25) is 4.79 Å². The highest BCUT2D eigenvalue weighted by atomic mass is 19.4. The van der Waals surface area contributed by atoms with Gasteiger partial charge in [0.15, 0.2) is 11.5 Å². The summed E-state index contributed by atoms with van der Waals surface area (Å²) in [5, 5.41) is 3.77. The molecule has 0 fully saturated rings. The third kappa shape index (κ3) is 6.07. The van der Waals surface area contributed by atoms with Crippen LogP contribution in [0.15, 0.2) is 71.8 Å². The number of nitrogens with zero attached hydrogens (tertiary/aromatic N) is 1. The Morgan fingerprint density at radius 2 is 1.81 bits per heavy atom. The van der Waals surface area contributed by atoms with Crippen LogP contribution in [0.3, 0.4) is 0 Å². The fourth-order valence-electron chi connectivity index (χ4n) is 2.74. The normalized spacial score (nSPS) is 11.4. The zero-order chi connectivity index (χ0) is 23.1. The Morgan fingerprint density at radius 3 is 2.53 bits per heavy atom. The van der Waals surface area contributed by atoms with Gasteiger partial charge in [-0.1, -0.05) is 18.2 Å². The Hall–Kier alpha value is -3.88. The van der Waals surface area contributed by atoms with Crippen LogP contribution in [0, 0.1) is 5.82 Å². The molecule has 3 rings (SSSR count). The fraction of sp³-hybridized carbons (Fsp3) is 0.130. The number of carbonyl (C=O) groups is 1. The lowest BCUT2D eigenvalue weighted by Crippen LogP contribution is -2.18. The number of rotatable bonds is 7. The number of halogens is 4. The van der Waals surface area contributed by atoms with Crippen LogP contribution in [0.5, 0.6) is 11.5 Å². The van der Waals surface area contributed by atoms with Crippen LogP contribution in [-0.2, 0) is 12.8 Å². The maximum absolute atomic E-state index is 13.3. The van der Waals surface area contributed by atoms with Gasteiger partial charge in [-0.25, -0.2) is 9.82 Å². The van der Waals surface area contributed by atoms with Gasteiger partial charge in [0.25, 0.3) is 5.91 Å². The SMILES string of the molecule is COc1cc(/C=N\NC(=O)c2cccc(C(F)(F)F)c2)ccc1OCc1cccc(F)c1.